The van der Waals surface area contributed by atoms with E-state index < -0.39 is 0 Å². The number of carbonyl (C=O) groups excluding carboxylic acids is 1. The van der Waals surface area contributed by atoms with Gasteiger partial charge in [0.25, 0.3) is 0 Å². The van der Waals surface area contributed by atoms with Crippen LogP contribution >= 0.6 is 0 Å². The second-order valence-corrected chi connectivity index (χ2v) is 4.88. The van der Waals surface area contributed by atoms with Crippen LogP contribution in [-0.2, 0) is 4.79 Å². The summed E-state index contributed by atoms with van der Waals surface area (Å²) in [7, 11) is 0. The van der Waals surface area contributed by atoms with Gasteiger partial charge >= 0.3 is 0 Å². The van der Waals surface area contributed by atoms with Gasteiger partial charge in [0, 0.05) is 12.5 Å². The van der Waals surface area contributed by atoms with E-state index in [1.54, 1.807) is 6.92 Å². The third kappa shape index (κ3) is 2.86. The summed E-state index contributed by atoms with van der Waals surface area (Å²) in [5.41, 5.74) is 1.53. The Hall–Kier alpha value is -0.790. The third-order valence-electron chi connectivity index (χ3n) is 3.00. The first-order valence-electron chi connectivity index (χ1n) is 5.41. The molecule has 0 saturated heterocycles. The summed E-state index contributed by atoms with van der Waals surface area (Å²) in [4.78, 5) is 11.0. The zero-order chi connectivity index (χ0) is 10.8. The van der Waals surface area contributed by atoms with Gasteiger partial charge in [0.05, 0.1) is 0 Å². The number of nitrogens with one attached hydrogen (secondary N) is 1. The van der Waals surface area contributed by atoms with Gasteiger partial charge in [-0.2, -0.15) is 0 Å². The first kappa shape index (κ1) is 11.3. The molecule has 0 aromatic carbocycles. The third-order valence-corrected chi connectivity index (χ3v) is 3.00. The van der Waals surface area contributed by atoms with Gasteiger partial charge in [-0.15, -0.1) is 0 Å². The number of hydrogen-bond acceptors (Lipinski definition) is 1. The molecule has 0 aromatic rings. The highest BCUT2D eigenvalue weighted by atomic mass is 16.1. The number of amides is 1. The first-order valence-corrected chi connectivity index (χ1v) is 5.41. The van der Waals surface area contributed by atoms with Crippen molar-refractivity contribution in [2.45, 2.75) is 52.5 Å². The van der Waals surface area contributed by atoms with Crippen LogP contribution in [0.3, 0.4) is 0 Å². The van der Waals surface area contributed by atoms with Crippen LogP contribution in [0.1, 0.15) is 47.0 Å². The van der Waals surface area contributed by atoms with E-state index in [9.17, 15) is 4.79 Å². The lowest BCUT2D eigenvalue weighted by atomic mass is 9.81. The van der Waals surface area contributed by atoms with Crippen molar-refractivity contribution in [2.75, 3.05) is 0 Å². The Morgan fingerprint density at radius 3 is 2.57 bits per heavy atom. The molecular formula is C12H21NO. The second kappa shape index (κ2) is 4.16. The molecule has 2 nitrogen and oxygen atoms in total. The summed E-state index contributed by atoms with van der Waals surface area (Å²) >= 11 is 0. The predicted molar refractivity (Wildman–Crippen MR) is 59.0 cm³/mol. The zero-order valence-corrected chi connectivity index (χ0v) is 9.68. The second-order valence-electron chi connectivity index (χ2n) is 4.88. The van der Waals surface area contributed by atoms with Crippen molar-refractivity contribution >= 4 is 5.91 Å². The van der Waals surface area contributed by atoms with Crippen molar-refractivity contribution in [3.8, 4) is 0 Å². The molecule has 1 aliphatic carbocycles. The van der Waals surface area contributed by atoms with Crippen LogP contribution in [0.2, 0.25) is 0 Å². The number of allylic oxidation sites excluding steroid dienone is 1. The monoisotopic (exact) mass is 195 g/mol. The topological polar surface area (TPSA) is 29.1 Å². The van der Waals surface area contributed by atoms with Crippen LogP contribution in [0, 0.1) is 5.92 Å². The molecule has 0 fully saturated rings. The molecular weight excluding hydrogens is 174 g/mol. The molecule has 14 heavy (non-hydrogen) atoms. The van der Waals surface area contributed by atoms with Crippen LogP contribution < -0.4 is 5.32 Å². The Bertz CT molecular complexity index is 255. The smallest absolute Gasteiger partial charge is 0.217 e. The molecule has 2 heteroatoms. The van der Waals surface area contributed by atoms with Crippen molar-refractivity contribution in [2.24, 2.45) is 5.92 Å². The average molecular weight is 195 g/mol. The Labute approximate surface area is 86.8 Å². The molecule has 1 N–H and O–H groups in total. The van der Waals surface area contributed by atoms with Gasteiger partial charge in [0.15, 0.2) is 0 Å². The van der Waals surface area contributed by atoms with Crippen LogP contribution in [0.5, 0.6) is 0 Å². The summed E-state index contributed by atoms with van der Waals surface area (Å²) < 4.78 is 0. The Kier molecular flexibility index (Phi) is 3.35. The molecule has 1 rings (SSSR count). The van der Waals surface area contributed by atoms with Crippen molar-refractivity contribution in [1.29, 1.82) is 0 Å². The largest absolute Gasteiger partial charge is 0.351 e. The highest BCUT2D eigenvalue weighted by molar-refractivity contribution is 5.73. The fourth-order valence-electron chi connectivity index (χ4n) is 2.04. The number of carbonyl (C=O) groups is 1. The van der Waals surface area contributed by atoms with Gasteiger partial charge in [0.1, 0.15) is 0 Å². The van der Waals surface area contributed by atoms with E-state index in [-0.39, 0.29) is 11.4 Å². The van der Waals surface area contributed by atoms with E-state index in [1.165, 1.54) is 5.57 Å². The quantitative estimate of drug-likeness (QED) is 0.674. The Balaban J connectivity index is 2.60. The van der Waals surface area contributed by atoms with E-state index in [2.05, 4.69) is 32.2 Å². The summed E-state index contributed by atoms with van der Waals surface area (Å²) in [6.45, 7) is 8.18. The molecule has 80 valence electrons. The standard InChI is InChI=1S/C12H21NO/c1-9(2)11-5-7-12(4,8-6-11)13-10(3)14/h5,9H,6-8H2,1-4H3,(H,13,14). The molecule has 0 spiro atoms. The molecule has 1 atom stereocenters. The molecule has 1 amide bonds. The average Bonchev–Trinajstić information content (AvgIpc) is 2.02. The van der Waals surface area contributed by atoms with Crippen LogP contribution in [-0.4, -0.2) is 11.4 Å². The van der Waals surface area contributed by atoms with Crippen LogP contribution in [0.4, 0.5) is 0 Å². The lowest BCUT2D eigenvalue weighted by Gasteiger charge is -2.34. The zero-order valence-electron chi connectivity index (χ0n) is 9.68. The highest BCUT2D eigenvalue weighted by Gasteiger charge is 2.27. The maximum Gasteiger partial charge on any atom is 0.217 e. The molecule has 0 heterocycles. The van der Waals surface area contributed by atoms with Crippen molar-refractivity contribution in [1.82, 2.24) is 5.32 Å². The Morgan fingerprint density at radius 1 is 1.57 bits per heavy atom. The molecule has 0 aliphatic heterocycles. The molecule has 0 aromatic heterocycles. The van der Waals surface area contributed by atoms with Gasteiger partial charge in [-0.3, -0.25) is 4.79 Å². The maximum atomic E-state index is 11.0. The van der Waals surface area contributed by atoms with E-state index in [0.29, 0.717) is 5.92 Å². The minimum atomic E-state index is -0.00970. The fraction of sp³-hybridized carbons (Fsp3) is 0.750. The maximum absolute atomic E-state index is 11.0. The molecule has 0 bridgehead atoms. The number of rotatable bonds is 2. The van der Waals surface area contributed by atoms with Gasteiger partial charge in [0.2, 0.25) is 5.91 Å². The first-order chi connectivity index (χ1) is 6.43. The molecule has 1 unspecified atom stereocenters. The van der Waals surface area contributed by atoms with Crippen molar-refractivity contribution < 1.29 is 4.79 Å². The van der Waals surface area contributed by atoms with Gasteiger partial charge in [-0.05, 0) is 32.1 Å². The fourth-order valence-corrected chi connectivity index (χ4v) is 2.04. The van der Waals surface area contributed by atoms with Crippen molar-refractivity contribution in [3.63, 3.8) is 0 Å². The van der Waals surface area contributed by atoms with Gasteiger partial charge in [-0.1, -0.05) is 25.5 Å². The van der Waals surface area contributed by atoms with E-state index >= 15 is 0 Å². The lowest BCUT2D eigenvalue weighted by molar-refractivity contribution is -0.120. The van der Waals surface area contributed by atoms with Gasteiger partial charge in [-0.25, -0.2) is 0 Å². The summed E-state index contributed by atoms with van der Waals surface area (Å²) in [5.74, 6) is 0.728. The SMILES string of the molecule is CC(=O)NC1(C)CC=C(C(C)C)CC1. The highest BCUT2D eigenvalue weighted by Crippen LogP contribution is 2.30. The van der Waals surface area contributed by atoms with E-state index in [4.69, 9.17) is 0 Å². The molecule has 0 saturated carbocycles. The Morgan fingerprint density at radius 2 is 2.21 bits per heavy atom. The van der Waals surface area contributed by atoms with Crippen LogP contribution in [0.25, 0.3) is 0 Å². The summed E-state index contributed by atoms with van der Waals surface area (Å²) in [5, 5.41) is 3.03. The van der Waals surface area contributed by atoms with Crippen LogP contribution in [0.15, 0.2) is 11.6 Å². The normalized spacial score (nSPS) is 27.4. The minimum Gasteiger partial charge on any atom is -0.351 e. The van der Waals surface area contributed by atoms with E-state index in [1.807, 2.05) is 0 Å². The number of hydrogen-bond donors (Lipinski definition) is 1. The van der Waals surface area contributed by atoms with Crippen molar-refractivity contribution in [3.05, 3.63) is 11.6 Å². The minimum absolute atomic E-state index is 0.00970. The summed E-state index contributed by atoms with van der Waals surface area (Å²) in [6.07, 6.45) is 5.45. The molecule has 0 radical (unpaired) electrons. The lowest BCUT2D eigenvalue weighted by Crippen LogP contribution is -2.45. The van der Waals surface area contributed by atoms with Gasteiger partial charge < -0.3 is 5.32 Å². The molecule has 1 aliphatic rings. The van der Waals surface area contributed by atoms with E-state index in [0.717, 1.165) is 19.3 Å². The summed E-state index contributed by atoms with van der Waals surface area (Å²) in [6, 6.07) is 0. The predicted octanol–water partition coefficient (Wildman–Crippen LogP) is 2.65.